The molecule has 0 aliphatic carbocycles. The molecule has 146 valence electrons. The first-order valence-electron chi connectivity index (χ1n) is 8.87. The maximum Gasteiger partial charge on any atom is 0.264 e. The number of hydrogen-bond acceptors (Lipinski definition) is 4. The van der Waals surface area contributed by atoms with E-state index in [9.17, 15) is 13.2 Å². The third-order valence-electron chi connectivity index (χ3n) is 4.11. The first-order valence-corrected chi connectivity index (χ1v) is 10.3. The largest absolute Gasteiger partial charge is 0.354 e. The van der Waals surface area contributed by atoms with E-state index in [1.807, 2.05) is 38.1 Å². The van der Waals surface area contributed by atoms with Crippen molar-refractivity contribution in [2.75, 3.05) is 38.0 Å². The van der Waals surface area contributed by atoms with Gasteiger partial charge in [-0.3, -0.25) is 9.10 Å². The Balaban J connectivity index is 2.24. The second-order valence-corrected chi connectivity index (χ2v) is 8.48. The summed E-state index contributed by atoms with van der Waals surface area (Å²) in [6, 6.07) is 15.3. The van der Waals surface area contributed by atoms with E-state index in [0.717, 1.165) is 18.5 Å². The standard InChI is InChI=1S/C20H27N3O3S/c1-17-10-7-8-13-19(17)23(16-20(24)21-14-9-15-22(2)3)27(25,26)18-11-5-4-6-12-18/h4-8,10-13H,9,14-16H2,1-3H3,(H,21,24). The first-order chi connectivity index (χ1) is 12.8. The quantitative estimate of drug-likeness (QED) is 0.668. The van der Waals surface area contributed by atoms with Gasteiger partial charge < -0.3 is 10.2 Å². The van der Waals surface area contributed by atoms with Gasteiger partial charge in [-0.25, -0.2) is 8.42 Å². The number of amides is 1. The lowest BCUT2D eigenvalue weighted by atomic mass is 10.2. The van der Waals surface area contributed by atoms with Crippen molar-refractivity contribution in [2.45, 2.75) is 18.2 Å². The number of carbonyl (C=O) groups excluding carboxylic acids is 1. The van der Waals surface area contributed by atoms with Crippen molar-refractivity contribution in [3.05, 3.63) is 60.2 Å². The van der Waals surface area contributed by atoms with E-state index < -0.39 is 10.0 Å². The third-order valence-corrected chi connectivity index (χ3v) is 5.88. The highest BCUT2D eigenvalue weighted by Gasteiger charge is 2.27. The van der Waals surface area contributed by atoms with E-state index in [-0.39, 0.29) is 17.3 Å². The van der Waals surface area contributed by atoms with Crippen molar-refractivity contribution in [1.29, 1.82) is 0 Å². The molecule has 0 aliphatic heterocycles. The lowest BCUT2D eigenvalue weighted by molar-refractivity contribution is -0.119. The van der Waals surface area contributed by atoms with Gasteiger partial charge >= 0.3 is 0 Å². The SMILES string of the molecule is Cc1ccccc1N(CC(=O)NCCCN(C)C)S(=O)(=O)c1ccccc1. The highest BCUT2D eigenvalue weighted by atomic mass is 32.2. The van der Waals surface area contributed by atoms with Gasteiger partial charge in [-0.1, -0.05) is 36.4 Å². The molecule has 2 rings (SSSR count). The number of hydrogen-bond donors (Lipinski definition) is 1. The van der Waals surface area contributed by atoms with E-state index in [2.05, 4.69) is 5.32 Å². The Morgan fingerprint density at radius 2 is 1.63 bits per heavy atom. The number of aryl methyl sites for hydroxylation is 1. The van der Waals surface area contributed by atoms with Crippen LogP contribution in [0.4, 0.5) is 5.69 Å². The van der Waals surface area contributed by atoms with Crippen molar-refractivity contribution in [2.24, 2.45) is 0 Å². The van der Waals surface area contributed by atoms with Crippen molar-refractivity contribution < 1.29 is 13.2 Å². The molecule has 0 saturated carbocycles. The minimum Gasteiger partial charge on any atom is -0.354 e. The predicted octanol–water partition coefficient (Wildman–Crippen LogP) is 2.26. The number of sulfonamides is 1. The van der Waals surface area contributed by atoms with Crippen LogP contribution < -0.4 is 9.62 Å². The summed E-state index contributed by atoms with van der Waals surface area (Å²) in [4.78, 5) is 14.6. The lowest BCUT2D eigenvalue weighted by Gasteiger charge is -2.25. The van der Waals surface area contributed by atoms with Crippen LogP contribution in [0.5, 0.6) is 0 Å². The molecule has 0 heterocycles. The summed E-state index contributed by atoms with van der Waals surface area (Å²) in [6.45, 7) is 2.93. The first kappa shape index (κ1) is 20.9. The zero-order valence-corrected chi connectivity index (χ0v) is 16.9. The maximum atomic E-state index is 13.2. The minimum atomic E-state index is -3.85. The number of anilines is 1. The van der Waals surface area contributed by atoms with Crippen LogP contribution in [0.15, 0.2) is 59.5 Å². The van der Waals surface area contributed by atoms with Crippen LogP contribution in [-0.4, -0.2) is 53.0 Å². The van der Waals surface area contributed by atoms with E-state index in [1.165, 1.54) is 16.4 Å². The van der Waals surface area contributed by atoms with Crippen molar-refractivity contribution in [3.8, 4) is 0 Å². The highest BCUT2D eigenvalue weighted by molar-refractivity contribution is 7.92. The van der Waals surface area contributed by atoms with Crippen LogP contribution in [-0.2, 0) is 14.8 Å². The fourth-order valence-corrected chi connectivity index (χ4v) is 4.18. The van der Waals surface area contributed by atoms with Gasteiger partial charge in [-0.15, -0.1) is 0 Å². The Morgan fingerprint density at radius 1 is 1.00 bits per heavy atom. The monoisotopic (exact) mass is 389 g/mol. The molecule has 0 aromatic heterocycles. The lowest BCUT2D eigenvalue weighted by Crippen LogP contribution is -2.41. The van der Waals surface area contributed by atoms with Crippen molar-refractivity contribution >= 4 is 21.6 Å². The number of nitrogens with zero attached hydrogens (tertiary/aromatic N) is 2. The fourth-order valence-electron chi connectivity index (χ4n) is 2.67. The Bertz CT molecular complexity index is 852. The average molecular weight is 390 g/mol. The van der Waals surface area contributed by atoms with E-state index >= 15 is 0 Å². The second kappa shape index (κ2) is 9.53. The summed E-state index contributed by atoms with van der Waals surface area (Å²) < 4.78 is 27.5. The summed E-state index contributed by atoms with van der Waals surface area (Å²) in [5, 5.41) is 2.81. The number of para-hydroxylation sites is 1. The highest BCUT2D eigenvalue weighted by Crippen LogP contribution is 2.26. The van der Waals surface area contributed by atoms with Crippen LogP contribution in [0.3, 0.4) is 0 Å². The average Bonchev–Trinajstić information content (AvgIpc) is 2.64. The summed E-state index contributed by atoms with van der Waals surface area (Å²) >= 11 is 0. The smallest absolute Gasteiger partial charge is 0.264 e. The molecule has 27 heavy (non-hydrogen) atoms. The van der Waals surface area contributed by atoms with Gasteiger partial charge in [0.25, 0.3) is 10.0 Å². The van der Waals surface area contributed by atoms with E-state index in [1.54, 1.807) is 30.3 Å². The van der Waals surface area contributed by atoms with Crippen LogP contribution in [0.2, 0.25) is 0 Å². The van der Waals surface area contributed by atoms with Crippen LogP contribution >= 0.6 is 0 Å². The van der Waals surface area contributed by atoms with Gasteiger partial charge in [0, 0.05) is 6.54 Å². The molecule has 1 amide bonds. The molecule has 0 saturated heterocycles. The molecule has 6 nitrogen and oxygen atoms in total. The predicted molar refractivity (Wildman–Crippen MR) is 108 cm³/mol. The van der Waals surface area contributed by atoms with Gasteiger partial charge in [0.1, 0.15) is 6.54 Å². The molecule has 1 N–H and O–H groups in total. The third kappa shape index (κ3) is 5.80. The number of carbonyl (C=O) groups is 1. The topological polar surface area (TPSA) is 69.7 Å². The number of benzene rings is 2. The molecular weight excluding hydrogens is 362 g/mol. The summed E-state index contributed by atoms with van der Waals surface area (Å²) in [6.07, 6.45) is 0.800. The molecule has 0 bridgehead atoms. The maximum absolute atomic E-state index is 13.2. The normalized spacial score (nSPS) is 11.4. The minimum absolute atomic E-state index is 0.161. The van der Waals surface area contributed by atoms with Gasteiger partial charge in [-0.2, -0.15) is 0 Å². The van der Waals surface area contributed by atoms with Crippen molar-refractivity contribution in [1.82, 2.24) is 10.2 Å². The molecule has 0 fully saturated rings. The summed E-state index contributed by atoms with van der Waals surface area (Å²) in [7, 11) is 0.0814. The molecule has 7 heteroatoms. The van der Waals surface area contributed by atoms with Gasteiger partial charge in [-0.05, 0) is 57.7 Å². The number of rotatable bonds is 9. The Hall–Kier alpha value is -2.38. The molecule has 0 unspecified atom stereocenters. The summed E-state index contributed by atoms with van der Waals surface area (Å²) in [5.74, 6) is -0.323. The van der Waals surface area contributed by atoms with Crippen molar-refractivity contribution in [3.63, 3.8) is 0 Å². The Labute approximate surface area is 161 Å². The number of nitrogens with one attached hydrogen (secondary N) is 1. The van der Waals surface area contributed by atoms with Crippen LogP contribution in [0, 0.1) is 6.92 Å². The molecule has 0 aliphatic rings. The zero-order chi connectivity index (χ0) is 19.9. The van der Waals surface area contributed by atoms with E-state index in [0.29, 0.717) is 12.2 Å². The molecular formula is C20H27N3O3S. The zero-order valence-electron chi connectivity index (χ0n) is 16.1. The summed E-state index contributed by atoms with van der Waals surface area (Å²) in [5.41, 5.74) is 1.29. The second-order valence-electron chi connectivity index (χ2n) is 6.62. The Kier molecular flexibility index (Phi) is 7.38. The Morgan fingerprint density at radius 3 is 2.26 bits per heavy atom. The van der Waals surface area contributed by atoms with Crippen LogP contribution in [0.25, 0.3) is 0 Å². The molecule has 0 spiro atoms. The van der Waals surface area contributed by atoms with Gasteiger partial charge in [0.15, 0.2) is 0 Å². The van der Waals surface area contributed by atoms with Crippen LogP contribution in [0.1, 0.15) is 12.0 Å². The fraction of sp³-hybridized carbons (Fsp3) is 0.350. The van der Waals surface area contributed by atoms with Gasteiger partial charge in [0.05, 0.1) is 10.6 Å². The molecule has 0 atom stereocenters. The molecule has 2 aromatic carbocycles. The molecule has 0 radical (unpaired) electrons. The van der Waals surface area contributed by atoms with E-state index in [4.69, 9.17) is 0 Å². The molecule has 2 aromatic rings. The van der Waals surface area contributed by atoms with Gasteiger partial charge in [0.2, 0.25) is 5.91 Å².